The molecule has 1 amide bonds. The van der Waals surface area contributed by atoms with Gasteiger partial charge in [0.05, 0.1) is 17.9 Å². The van der Waals surface area contributed by atoms with Crippen LogP contribution in [-0.2, 0) is 27.6 Å². The van der Waals surface area contributed by atoms with Gasteiger partial charge in [-0.3, -0.25) is 14.7 Å². The number of benzene rings is 2. The molecule has 1 spiro atoms. The number of carbonyl (C=O) groups excluding carboxylic acids is 1. The van der Waals surface area contributed by atoms with Gasteiger partial charge in [-0.2, -0.15) is 0 Å². The average Bonchev–Trinajstić information content (AvgIpc) is 2.82. The average molecular weight is 492 g/mol. The fourth-order valence-corrected chi connectivity index (χ4v) is 7.04. The van der Waals surface area contributed by atoms with Crippen LogP contribution in [0.3, 0.4) is 0 Å². The van der Waals surface area contributed by atoms with Crippen LogP contribution >= 0.6 is 0 Å². The minimum atomic E-state index is -2.76. The maximum Gasteiger partial charge on any atom is 0.226 e. The van der Waals surface area contributed by atoms with E-state index in [1.807, 2.05) is 66.7 Å². The zero-order valence-electron chi connectivity index (χ0n) is 19.5. The minimum absolute atomic E-state index is 0.0238. The first-order valence-electron chi connectivity index (χ1n) is 11.8. The topological polar surface area (TPSA) is 88.6 Å². The number of pyridine rings is 1. The van der Waals surface area contributed by atoms with Crippen LogP contribution in [0.25, 0.3) is 11.1 Å². The lowest BCUT2D eigenvalue weighted by Crippen LogP contribution is -2.68. The Morgan fingerprint density at radius 3 is 2.34 bits per heavy atom. The largest absolute Gasteiger partial charge is 0.492 e. The maximum absolute atomic E-state index is 12.2. The number of nitrogens with zero attached hydrogens (tertiary/aromatic N) is 2. The first-order chi connectivity index (χ1) is 16.9. The van der Waals surface area contributed by atoms with Crippen LogP contribution in [0.15, 0.2) is 72.9 Å². The van der Waals surface area contributed by atoms with Gasteiger partial charge in [0.1, 0.15) is 12.4 Å². The number of carbonyl (C=O) groups is 1. The highest BCUT2D eigenvalue weighted by molar-refractivity contribution is 7.92. The molecule has 2 aliphatic rings. The molecule has 2 saturated heterocycles. The highest BCUT2D eigenvalue weighted by Crippen LogP contribution is 2.41. The Morgan fingerprint density at radius 2 is 1.69 bits per heavy atom. The fourth-order valence-electron chi connectivity index (χ4n) is 4.89. The van der Waals surface area contributed by atoms with Crippen molar-refractivity contribution in [3.8, 4) is 16.9 Å². The molecular formula is C27H29N3O4S. The molecule has 1 N–H and O–H groups in total. The first-order valence-corrected chi connectivity index (χ1v) is 13.6. The fraction of sp³-hybridized carbons (Fsp3) is 0.333. The van der Waals surface area contributed by atoms with E-state index in [0.29, 0.717) is 24.7 Å². The van der Waals surface area contributed by atoms with Gasteiger partial charge in [0.2, 0.25) is 5.91 Å². The van der Waals surface area contributed by atoms with E-state index >= 15 is 0 Å². The number of amides is 1. The van der Waals surface area contributed by atoms with Crippen molar-refractivity contribution in [1.29, 1.82) is 0 Å². The van der Waals surface area contributed by atoms with Crippen molar-refractivity contribution in [1.82, 2.24) is 15.2 Å². The molecule has 0 aliphatic carbocycles. The summed E-state index contributed by atoms with van der Waals surface area (Å²) in [6.45, 7) is 3.59. The Kier molecular flexibility index (Phi) is 6.58. The number of sulfone groups is 1. The predicted octanol–water partition coefficient (Wildman–Crippen LogP) is 2.72. The molecule has 1 aromatic heterocycles. The van der Waals surface area contributed by atoms with Gasteiger partial charge in [-0.15, -0.1) is 0 Å². The van der Waals surface area contributed by atoms with Gasteiger partial charge in [0, 0.05) is 49.0 Å². The van der Waals surface area contributed by atoms with Gasteiger partial charge in [-0.05, 0) is 29.3 Å². The van der Waals surface area contributed by atoms with Crippen LogP contribution in [0.2, 0.25) is 0 Å². The number of nitrogens with one attached hydrogen (secondary N) is 1. The smallest absolute Gasteiger partial charge is 0.226 e. The van der Waals surface area contributed by atoms with Gasteiger partial charge >= 0.3 is 0 Å². The Morgan fingerprint density at radius 1 is 0.971 bits per heavy atom. The van der Waals surface area contributed by atoms with E-state index in [1.54, 1.807) is 6.20 Å². The highest BCUT2D eigenvalue weighted by Gasteiger charge is 2.55. The molecule has 3 aromatic rings. The SMILES string of the molecule is O=C(Cc1ccc(-c2ccc(OCCN3CC4(C3)CS(=O)(=O)C4)cc2)cn1)NCc1ccccc1. The summed E-state index contributed by atoms with van der Waals surface area (Å²) >= 11 is 0. The summed E-state index contributed by atoms with van der Waals surface area (Å²) in [5.74, 6) is 1.43. The molecule has 0 saturated carbocycles. The molecule has 0 atom stereocenters. The van der Waals surface area contributed by atoms with Crippen molar-refractivity contribution in [2.75, 3.05) is 37.7 Å². The molecule has 0 unspecified atom stereocenters. The van der Waals surface area contributed by atoms with Gasteiger partial charge in [-0.1, -0.05) is 48.5 Å². The van der Waals surface area contributed by atoms with E-state index in [9.17, 15) is 13.2 Å². The molecule has 2 aliphatic heterocycles. The van der Waals surface area contributed by atoms with Crippen LogP contribution in [0.5, 0.6) is 5.75 Å². The van der Waals surface area contributed by atoms with Crippen LogP contribution in [0.4, 0.5) is 0 Å². The van der Waals surface area contributed by atoms with Crippen molar-refractivity contribution in [3.63, 3.8) is 0 Å². The summed E-state index contributed by atoms with van der Waals surface area (Å²) in [7, 11) is -2.76. The standard InChI is InChI=1S/C27H29N3O4S/c31-26(29-15-21-4-2-1-3-5-21)14-24-9-6-23(16-28-24)22-7-10-25(11-8-22)34-13-12-30-17-27(18-30)19-35(32,33)20-27/h1-11,16H,12-15,17-20H2,(H,29,31). The van der Waals surface area contributed by atoms with E-state index in [4.69, 9.17) is 4.74 Å². The minimum Gasteiger partial charge on any atom is -0.492 e. The second kappa shape index (κ2) is 9.79. The number of ether oxygens (including phenoxy) is 1. The lowest BCUT2D eigenvalue weighted by atomic mass is 9.83. The lowest BCUT2D eigenvalue weighted by molar-refractivity contribution is -0.120. The predicted molar refractivity (Wildman–Crippen MR) is 135 cm³/mol. The third kappa shape index (κ3) is 5.89. The second-order valence-electron chi connectivity index (χ2n) is 9.59. The molecule has 3 heterocycles. The quantitative estimate of drug-likeness (QED) is 0.495. The summed E-state index contributed by atoms with van der Waals surface area (Å²) < 4.78 is 28.7. The second-order valence-corrected chi connectivity index (χ2v) is 11.7. The van der Waals surface area contributed by atoms with Gasteiger partial charge in [-0.25, -0.2) is 8.42 Å². The molecule has 7 nitrogen and oxygen atoms in total. The normalized spacial score (nSPS) is 17.8. The van der Waals surface area contributed by atoms with Crippen LogP contribution < -0.4 is 10.1 Å². The Labute approximate surface area is 206 Å². The number of likely N-dealkylation sites (tertiary alicyclic amines) is 1. The van der Waals surface area contributed by atoms with Crippen molar-refractivity contribution in [2.24, 2.45) is 5.41 Å². The zero-order chi connectivity index (χ0) is 24.3. The molecule has 0 radical (unpaired) electrons. The van der Waals surface area contributed by atoms with E-state index in [1.165, 1.54) is 0 Å². The molecule has 2 aromatic carbocycles. The summed E-state index contributed by atoms with van der Waals surface area (Å²) in [4.78, 5) is 18.9. The first kappa shape index (κ1) is 23.5. The molecule has 35 heavy (non-hydrogen) atoms. The molecular weight excluding hydrogens is 462 g/mol. The number of rotatable bonds is 9. The molecule has 5 rings (SSSR count). The summed E-state index contributed by atoms with van der Waals surface area (Å²) in [6, 6.07) is 21.6. The Bertz CT molecular complexity index is 1260. The summed E-state index contributed by atoms with van der Waals surface area (Å²) in [5.41, 5.74) is 3.83. The van der Waals surface area contributed by atoms with Gasteiger partial charge in [0.15, 0.2) is 9.84 Å². The van der Waals surface area contributed by atoms with Gasteiger partial charge < -0.3 is 10.1 Å². The van der Waals surface area contributed by atoms with Crippen LogP contribution in [0.1, 0.15) is 11.3 Å². The van der Waals surface area contributed by atoms with Crippen molar-refractivity contribution in [2.45, 2.75) is 13.0 Å². The summed E-state index contributed by atoms with van der Waals surface area (Å²) in [5, 5.41) is 2.92. The number of hydrogen-bond acceptors (Lipinski definition) is 6. The van der Waals surface area contributed by atoms with E-state index < -0.39 is 9.84 Å². The lowest BCUT2D eigenvalue weighted by Gasteiger charge is -2.54. The number of aromatic nitrogens is 1. The third-order valence-electron chi connectivity index (χ3n) is 6.53. The molecule has 0 bridgehead atoms. The van der Waals surface area contributed by atoms with Crippen molar-refractivity contribution >= 4 is 15.7 Å². The third-order valence-corrected chi connectivity index (χ3v) is 8.64. The summed E-state index contributed by atoms with van der Waals surface area (Å²) in [6.07, 6.45) is 2.03. The molecule has 8 heteroatoms. The Hall–Kier alpha value is -3.23. The van der Waals surface area contributed by atoms with Gasteiger partial charge in [0.25, 0.3) is 0 Å². The maximum atomic E-state index is 12.2. The number of hydrogen-bond donors (Lipinski definition) is 1. The molecule has 182 valence electrons. The van der Waals surface area contributed by atoms with Crippen LogP contribution in [0, 0.1) is 5.41 Å². The monoisotopic (exact) mass is 491 g/mol. The van der Waals surface area contributed by atoms with E-state index in [0.717, 1.165) is 47.8 Å². The van der Waals surface area contributed by atoms with Crippen molar-refractivity contribution in [3.05, 3.63) is 84.2 Å². The highest BCUT2D eigenvalue weighted by atomic mass is 32.2. The molecule has 2 fully saturated rings. The van der Waals surface area contributed by atoms with Crippen LogP contribution in [-0.4, -0.2) is 62.0 Å². The van der Waals surface area contributed by atoms with Crippen molar-refractivity contribution < 1.29 is 17.9 Å². The Balaban J connectivity index is 1.05. The van der Waals surface area contributed by atoms with E-state index in [-0.39, 0.29) is 17.7 Å². The zero-order valence-corrected chi connectivity index (χ0v) is 20.3. The van der Waals surface area contributed by atoms with E-state index in [2.05, 4.69) is 15.2 Å².